The average Bonchev–Trinajstić information content (AvgIpc) is 2.62. The molecule has 2 N–H and O–H groups in total. The fourth-order valence-corrected chi connectivity index (χ4v) is 2.60. The van der Waals surface area contributed by atoms with Gasteiger partial charge in [-0.2, -0.15) is 0 Å². The van der Waals surface area contributed by atoms with E-state index in [-0.39, 0.29) is 0 Å². The molecule has 1 aromatic carbocycles. The maximum atomic E-state index is 9.68. The van der Waals surface area contributed by atoms with Gasteiger partial charge in [0.1, 0.15) is 5.75 Å². The van der Waals surface area contributed by atoms with Crippen LogP contribution in [0.2, 0.25) is 0 Å². The summed E-state index contributed by atoms with van der Waals surface area (Å²) in [6.07, 6.45) is 0.827. The number of thiophene rings is 1. The Kier molecular flexibility index (Phi) is 1.55. The quantitative estimate of drug-likeness (QED) is 0.588. The molecule has 2 aromatic rings. The van der Waals surface area contributed by atoms with Crippen molar-refractivity contribution in [2.45, 2.75) is 6.42 Å². The van der Waals surface area contributed by atoms with Crippen molar-refractivity contribution in [2.75, 3.05) is 5.32 Å². The van der Waals surface area contributed by atoms with Crippen LogP contribution < -0.4 is 5.32 Å². The van der Waals surface area contributed by atoms with Gasteiger partial charge in [0.05, 0.1) is 5.00 Å². The molecule has 0 radical (unpaired) electrons. The number of hydrogen-bond acceptors (Lipinski definition) is 3. The van der Waals surface area contributed by atoms with E-state index in [1.165, 1.54) is 10.6 Å². The largest absolute Gasteiger partial charge is 0.508 e. The van der Waals surface area contributed by atoms with Gasteiger partial charge in [-0.25, -0.2) is 0 Å². The fraction of sp³-hybridized carbons (Fsp3) is 0.0909. The van der Waals surface area contributed by atoms with E-state index in [0.717, 1.165) is 17.7 Å². The summed E-state index contributed by atoms with van der Waals surface area (Å²) in [5.74, 6) is 0.381. The van der Waals surface area contributed by atoms with E-state index in [1.807, 2.05) is 12.1 Å². The minimum absolute atomic E-state index is 0.381. The van der Waals surface area contributed by atoms with Gasteiger partial charge >= 0.3 is 0 Å². The Balaban J connectivity index is 2.17. The number of nitrogens with one attached hydrogen (secondary N) is 1. The minimum atomic E-state index is 0.381. The van der Waals surface area contributed by atoms with Crippen LogP contribution in [0.15, 0.2) is 29.6 Å². The van der Waals surface area contributed by atoms with Gasteiger partial charge in [-0.15, -0.1) is 11.3 Å². The van der Waals surface area contributed by atoms with Crippen LogP contribution in [0.3, 0.4) is 0 Å². The molecular formula is C11H9NOS. The smallest absolute Gasteiger partial charge is 0.121 e. The molecule has 0 aliphatic carbocycles. The molecule has 1 aliphatic heterocycles. The summed E-state index contributed by atoms with van der Waals surface area (Å²) in [5.41, 5.74) is 3.29. The first-order valence-corrected chi connectivity index (χ1v) is 5.37. The van der Waals surface area contributed by atoms with Gasteiger partial charge in [0.15, 0.2) is 0 Å². The molecule has 2 heterocycles. The molecule has 3 rings (SSSR count). The molecule has 0 fully saturated rings. The van der Waals surface area contributed by atoms with Crippen LogP contribution in [-0.4, -0.2) is 5.11 Å². The van der Waals surface area contributed by atoms with Gasteiger partial charge < -0.3 is 10.4 Å². The molecule has 1 aromatic heterocycles. The molecular weight excluding hydrogens is 194 g/mol. The standard InChI is InChI=1S/C11H9NOS/c13-10-3-1-2-9-8(10)6-7-4-5-14-11(7)12-9/h1-5,12-13H,6H2. The van der Waals surface area contributed by atoms with E-state index in [9.17, 15) is 5.11 Å². The number of anilines is 2. The molecule has 0 unspecified atom stereocenters. The van der Waals surface area contributed by atoms with Gasteiger partial charge in [-0.05, 0) is 29.1 Å². The van der Waals surface area contributed by atoms with Crippen molar-refractivity contribution in [1.29, 1.82) is 0 Å². The fourth-order valence-electron chi connectivity index (χ4n) is 1.77. The van der Waals surface area contributed by atoms with E-state index in [4.69, 9.17) is 0 Å². The van der Waals surface area contributed by atoms with Crippen LogP contribution in [0.5, 0.6) is 5.75 Å². The van der Waals surface area contributed by atoms with Crippen molar-refractivity contribution in [2.24, 2.45) is 0 Å². The zero-order chi connectivity index (χ0) is 9.54. The van der Waals surface area contributed by atoms with Gasteiger partial charge in [-0.3, -0.25) is 0 Å². The van der Waals surface area contributed by atoms with E-state index in [1.54, 1.807) is 17.4 Å². The molecule has 0 saturated heterocycles. The summed E-state index contributed by atoms with van der Waals surface area (Å²) in [6, 6.07) is 7.69. The highest BCUT2D eigenvalue weighted by Gasteiger charge is 2.17. The lowest BCUT2D eigenvalue weighted by molar-refractivity contribution is 0.469. The minimum Gasteiger partial charge on any atom is -0.508 e. The Bertz CT molecular complexity index is 490. The molecule has 14 heavy (non-hydrogen) atoms. The molecule has 0 amide bonds. The number of hydrogen-bond donors (Lipinski definition) is 2. The van der Waals surface area contributed by atoms with Gasteiger partial charge in [-0.1, -0.05) is 6.07 Å². The van der Waals surface area contributed by atoms with E-state index in [2.05, 4.69) is 16.8 Å². The van der Waals surface area contributed by atoms with E-state index < -0.39 is 0 Å². The maximum Gasteiger partial charge on any atom is 0.121 e. The third kappa shape index (κ3) is 1.02. The van der Waals surface area contributed by atoms with Crippen molar-refractivity contribution in [3.8, 4) is 5.75 Å². The Morgan fingerprint density at radius 2 is 2.21 bits per heavy atom. The van der Waals surface area contributed by atoms with Crippen LogP contribution in [0, 0.1) is 0 Å². The third-order valence-corrected chi connectivity index (χ3v) is 3.39. The number of phenols is 1. The molecule has 0 saturated carbocycles. The molecule has 0 spiro atoms. The number of aromatic hydroxyl groups is 1. The lowest BCUT2D eigenvalue weighted by atomic mass is 10.0. The first-order chi connectivity index (χ1) is 6.84. The van der Waals surface area contributed by atoms with Gasteiger partial charge in [0, 0.05) is 17.7 Å². The Hall–Kier alpha value is -1.48. The lowest BCUT2D eigenvalue weighted by Crippen LogP contribution is -2.03. The first-order valence-electron chi connectivity index (χ1n) is 4.49. The zero-order valence-electron chi connectivity index (χ0n) is 7.45. The van der Waals surface area contributed by atoms with E-state index >= 15 is 0 Å². The normalized spacial score (nSPS) is 12.9. The summed E-state index contributed by atoms with van der Waals surface area (Å²) in [7, 11) is 0. The average molecular weight is 203 g/mol. The van der Waals surface area contributed by atoms with Crippen LogP contribution in [0.1, 0.15) is 11.1 Å². The Morgan fingerprint density at radius 1 is 1.29 bits per heavy atom. The monoisotopic (exact) mass is 203 g/mol. The molecule has 70 valence electrons. The predicted molar refractivity (Wildman–Crippen MR) is 58.5 cm³/mol. The Morgan fingerprint density at radius 3 is 3.14 bits per heavy atom. The number of benzene rings is 1. The highest BCUT2D eigenvalue weighted by molar-refractivity contribution is 7.14. The van der Waals surface area contributed by atoms with Gasteiger partial charge in [0.2, 0.25) is 0 Å². The lowest BCUT2D eigenvalue weighted by Gasteiger charge is -2.18. The van der Waals surface area contributed by atoms with Crippen molar-refractivity contribution < 1.29 is 5.11 Å². The maximum absolute atomic E-state index is 9.68. The number of phenolic OH excluding ortho intramolecular Hbond substituents is 1. The first kappa shape index (κ1) is 7.88. The van der Waals surface area contributed by atoms with Crippen molar-refractivity contribution >= 4 is 22.0 Å². The van der Waals surface area contributed by atoms with Gasteiger partial charge in [0.25, 0.3) is 0 Å². The number of rotatable bonds is 0. The highest BCUT2D eigenvalue weighted by atomic mass is 32.1. The number of fused-ring (bicyclic) bond motifs is 2. The molecule has 1 aliphatic rings. The Labute approximate surface area is 85.8 Å². The summed E-state index contributed by atoms with van der Waals surface area (Å²) < 4.78 is 0. The zero-order valence-corrected chi connectivity index (χ0v) is 8.27. The topological polar surface area (TPSA) is 32.3 Å². The van der Waals surface area contributed by atoms with E-state index in [0.29, 0.717) is 5.75 Å². The summed E-state index contributed by atoms with van der Waals surface area (Å²) >= 11 is 1.70. The molecule has 2 nitrogen and oxygen atoms in total. The SMILES string of the molecule is Oc1cccc2c1Cc1ccsc1N2. The van der Waals surface area contributed by atoms with Crippen molar-refractivity contribution in [1.82, 2.24) is 0 Å². The second-order valence-corrected chi connectivity index (χ2v) is 4.30. The second kappa shape index (κ2) is 2.75. The second-order valence-electron chi connectivity index (χ2n) is 3.38. The predicted octanol–water partition coefficient (Wildman–Crippen LogP) is 3.10. The summed E-state index contributed by atoms with van der Waals surface area (Å²) in [6.45, 7) is 0. The highest BCUT2D eigenvalue weighted by Crippen LogP contribution is 2.39. The molecule has 0 atom stereocenters. The summed E-state index contributed by atoms with van der Waals surface area (Å²) in [4.78, 5) is 0. The van der Waals surface area contributed by atoms with Crippen molar-refractivity contribution in [3.05, 3.63) is 40.8 Å². The van der Waals surface area contributed by atoms with Crippen molar-refractivity contribution in [3.63, 3.8) is 0 Å². The van der Waals surface area contributed by atoms with Crippen LogP contribution in [0.4, 0.5) is 10.7 Å². The molecule has 0 bridgehead atoms. The third-order valence-electron chi connectivity index (χ3n) is 2.51. The van der Waals surface area contributed by atoms with Crippen LogP contribution in [0.25, 0.3) is 0 Å². The van der Waals surface area contributed by atoms with Crippen LogP contribution in [-0.2, 0) is 6.42 Å². The molecule has 3 heteroatoms. The van der Waals surface area contributed by atoms with Crippen LogP contribution >= 0.6 is 11.3 Å². The summed E-state index contributed by atoms with van der Waals surface area (Å²) in [5, 5.41) is 16.3.